The van der Waals surface area contributed by atoms with Crippen molar-refractivity contribution in [1.82, 2.24) is 20.8 Å². The number of ether oxygens (including phenoxy) is 1. The number of H-pyrrole nitrogens is 1. The molecule has 1 amide bonds. The van der Waals surface area contributed by atoms with Crippen LogP contribution in [0.2, 0.25) is 0 Å². The van der Waals surface area contributed by atoms with Crippen molar-refractivity contribution in [2.24, 2.45) is 0 Å². The summed E-state index contributed by atoms with van der Waals surface area (Å²) in [5.74, 6) is -0.121. The summed E-state index contributed by atoms with van der Waals surface area (Å²) in [6.45, 7) is 1.67. The van der Waals surface area contributed by atoms with Crippen molar-refractivity contribution < 1.29 is 9.53 Å². The van der Waals surface area contributed by atoms with Gasteiger partial charge in [0.25, 0.3) is 5.91 Å². The number of piperidine rings is 1. The molecule has 0 saturated carbocycles. The van der Waals surface area contributed by atoms with Crippen molar-refractivity contribution in [2.75, 3.05) is 20.2 Å². The van der Waals surface area contributed by atoms with E-state index in [4.69, 9.17) is 4.74 Å². The van der Waals surface area contributed by atoms with E-state index in [0.29, 0.717) is 5.56 Å². The van der Waals surface area contributed by atoms with Gasteiger partial charge in [0.2, 0.25) is 0 Å². The number of carbonyl (C=O) groups is 1. The van der Waals surface area contributed by atoms with Crippen LogP contribution < -0.4 is 10.6 Å². The average molecular weight is 224 g/mol. The maximum Gasteiger partial charge on any atom is 0.254 e. The summed E-state index contributed by atoms with van der Waals surface area (Å²) in [5.41, 5.74) is 0.542. The second-order valence-electron chi connectivity index (χ2n) is 3.83. The van der Waals surface area contributed by atoms with E-state index < -0.39 is 0 Å². The Morgan fingerprint density at radius 1 is 1.69 bits per heavy atom. The zero-order valence-corrected chi connectivity index (χ0v) is 9.19. The Hall–Kier alpha value is -1.40. The minimum Gasteiger partial charge on any atom is -0.379 e. The predicted octanol–water partition coefficient (Wildman–Crippen LogP) is -0.484. The number of carbonyl (C=O) groups excluding carboxylic acids is 1. The molecular formula is C10H16N4O2. The van der Waals surface area contributed by atoms with Crippen molar-refractivity contribution in [3.8, 4) is 0 Å². The average Bonchev–Trinajstić information content (AvgIpc) is 2.83. The molecule has 2 rings (SSSR count). The SMILES string of the molecule is CO[C@@H]1CCNC[C@@H]1NC(=O)c1cn[nH]c1. The Labute approximate surface area is 93.8 Å². The van der Waals surface area contributed by atoms with Gasteiger partial charge in [0.15, 0.2) is 0 Å². The zero-order chi connectivity index (χ0) is 11.4. The Morgan fingerprint density at radius 3 is 3.25 bits per heavy atom. The molecule has 1 saturated heterocycles. The highest BCUT2D eigenvalue weighted by atomic mass is 16.5. The molecule has 0 aliphatic carbocycles. The number of aromatic amines is 1. The van der Waals surface area contributed by atoms with E-state index in [2.05, 4.69) is 20.8 Å². The topological polar surface area (TPSA) is 79.0 Å². The molecule has 2 atom stereocenters. The van der Waals surface area contributed by atoms with Gasteiger partial charge >= 0.3 is 0 Å². The summed E-state index contributed by atoms with van der Waals surface area (Å²) in [6, 6.07) is 0.0150. The first-order chi connectivity index (χ1) is 7.81. The maximum atomic E-state index is 11.8. The largest absolute Gasteiger partial charge is 0.379 e. The molecule has 16 heavy (non-hydrogen) atoms. The van der Waals surface area contributed by atoms with E-state index in [1.807, 2.05) is 0 Å². The molecule has 88 valence electrons. The first kappa shape index (κ1) is 11.1. The van der Waals surface area contributed by atoms with Crippen molar-refractivity contribution >= 4 is 5.91 Å². The lowest BCUT2D eigenvalue weighted by Gasteiger charge is -2.31. The molecule has 0 unspecified atom stereocenters. The number of hydrogen-bond acceptors (Lipinski definition) is 4. The molecule has 3 N–H and O–H groups in total. The van der Waals surface area contributed by atoms with Gasteiger partial charge in [0, 0.05) is 19.9 Å². The number of rotatable bonds is 3. The second-order valence-corrected chi connectivity index (χ2v) is 3.83. The molecule has 0 aromatic carbocycles. The van der Waals surface area contributed by atoms with Crippen molar-refractivity contribution in [2.45, 2.75) is 18.6 Å². The Balaban J connectivity index is 1.95. The number of methoxy groups -OCH3 is 1. The molecule has 0 radical (unpaired) electrons. The number of hydrogen-bond donors (Lipinski definition) is 3. The summed E-state index contributed by atoms with van der Waals surface area (Å²) in [7, 11) is 1.67. The summed E-state index contributed by atoms with van der Waals surface area (Å²) >= 11 is 0. The van der Waals surface area contributed by atoms with Crippen LogP contribution in [0.5, 0.6) is 0 Å². The number of nitrogens with zero attached hydrogens (tertiary/aromatic N) is 1. The van der Waals surface area contributed by atoms with Crippen LogP contribution in [-0.4, -0.2) is 48.4 Å². The van der Waals surface area contributed by atoms with E-state index in [0.717, 1.165) is 19.5 Å². The van der Waals surface area contributed by atoms with Gasteiger partial charge in [-0.25, -0.2) is 0 Å². The molecule has 2 heterocycles. The molecule has 1 aromatic rings. The van der Waals surface area contributed by atoms with Crippen LogP contribution in [0.1, 0.15) is 16.8 Å². The minimum atomic E-state index is -0.121. The summed E-state index contributed by atoms with van der Waals surface area (Å²) in [5, 5.41) is 12.5. The van der Waals surface area contributed by atoms with Crippen LogP contribution in [0, 0.1) is 0 Å². The zero-order valence-electron chi connectivity index (χ0n) is 9.19. The monoisotopic (exact) mass is 224 g/mol. The Morgan fingerprint density at radius 2 is 2.56 bits per heavy atom. The van der Waals surface area contributed by atoms with Crippen LogP contribution in [0.25, 0.3) is 0 Å². The smallest absolute Gasteiger partial charge is 0.254 e. The first-order valence-electron chi connectivity index (χ1n) is 5.34. The normalized spacial score (nSPS) is 25.3. The molecule has 1 aliphatic heterocycles. The highest BCUT2D eigenvalue weighted by Crippen LogP contribution is 2.08. The Kier molecular flexibility index (Phi) is 3.53. The van der Waals surface area contributed by atoms with Crippen LogP contribution in [-0.2, 0) is 4.74 Å². The molecule has 0 spiro atoms. The molecule has 6 heteroatoms. The lowest BCUT2D eigenvalue weighted by molar-refractivity contribution is 0.0448. The van der Waals surface area contributed by atoms with Crippen molar-refractivity contribution in [1.29, 1.82) is 0 Å². The lowest BCUT2D eigenvalue weighted by atomic mass is 10.0. The van der Waals surface area contributed by atoms with E-state index in [9.17, 15) is 4.79 Å². The third-order valence-corrected chi connectivity index (χ3v) is 2.80. The van der Waals surface area contributed by atoms with Crippen molar-refractivity contribution in [3.05, 3.63) is 18.0 Å². The van der Waals surface area contributed by atoms with Crippen LogP contribution in [0.3, 0.4) is 0 Å². The number of amides is 1. The van der Waals surface area contributed by atoms with Gasteiger partial charge < -0.3 is 15.4 Å². The molecule has 1 aromatic heterocycles. The van der Waals surface area contributed by atoms with Crippen molar-refractivity contribution in [3.63, 3.8) is 0 Å². The molecular weight excluding hydrogens is 208 g/mol. The van der Waals surface area contributed by atoms with Crippen LogP contribution in [0.15, 0.2) is 12.4 Å². The highest BCUT2D eigenvalue weighted by molar-refractivity contribution is 5.93. The summed E-state index contributed by atoms with van der Waals surface area (Å²) in [4.78, 5) is 11.8. The lowest BCUT2D eigenvalue weighted by Crippen LogP contribution is -2.54. The maximum absolute atomic E-state index is 11.8. The minimum absolute atomic E-state index is 0.0150. The van der Waals surface area contributed by atoms with E-state index in [-0.39, 0.29) is 18.1 Å². The molecule has 1 fully saturated rings. The standard InChI is InChI=1S/C10H16N4O2/c1-16-9-2-3-11-6-8(9)14-10(15)7-4-12-13-5-7/h4-5,8-9,11H,2-3,6H2,1H3,(H,12,13)(H,14,15)/t8-,9+/m0/s1. The fourth-order valence-electron chi connectivity index (χ4n) is 1.89. The third kappa shape index (κ3) is 2.40. The number of nitrogens with one attached hydrogen (secondary N) is 3. The molecule has 1 aliphatic rings. The number of aromatic nitrogens is 2. The summed E-state index contributed by atoms with van der Waals surface area (Å²) < 4.78 is 5.34. The first-order valence-corrected chi connectivity index (χ1v) is 5.34. The predicted molar refractivity (Wildman–Crippen MR) is 58.1 cm³/mol. The third-order valence-electron chi connectivity index (χ3n) is 2.80. The second kappa shape index (κ2) is 5.09. The fraction of sp³-hybridized carbons (Fsp3) is 0.600. The Bertz CT molecular complexity index is 339. The molecule has 6 nitrogen and oxygen atoms in total. The van der Waals surface area contributed by atoms with Gasteiger partial charge in [-0.15, -0.1) is 0 Å². The van der Waals surface area contributed by atoms with Gasteiger partial charge in [-0.3, -0.25) is 9.89 Å². The van der Waals surface area contributed by atoms with Gasteiger partial charge in [0.05, 0.1) is 23.9 Å². The van der Waals surface area contributed by atoms with Gasteiger partial charge in [0.1, 0.15) is 0 Å². The highest BCUT2D eigenvalue weighted by Gasteiger charge is 2.26. The molecule has 0 bridgehead atoms. The van der Waals surface area contributed by atoms with E-state index in [1.165, 1.54) is 6.20 Å². The van der Waals surface area contributed by atoms with Gasteiger partial charge in [-0.1, -0.05) is 0 Å². The van der Waals surface area contributed by atoms with Crippen LogP contribution in [0.4, 0.5) is 0 Å². The van der Waals surface area contributed by atoms with E-state index in [1.54, 1.807) is 13.3 Å². The van der Waals surface area contributed by atoms with Crippen LogP contribution >= 0.6 is 0 Å². The quantitative estimate of drug-likeness (QED) is 0.647. The summed E-state index contributed by atoms with van der Waals surface area (Å²) in [6.07, 6.45) is 4.07. The van der Waals surface area contributed by atoms with Gasteiger partial charge in [-0.2, -0.15) is 5.10 Å². The van der Waals surface area contributed by atoms with E-state index >= 15 is 0 Å². The fourth-order valence-corrected chi connectivity index (χ4v) is 1.89. The van der Waals surface area contributed by atoms with Gasteiger partial charge in [-0.05, 0) is 13.0 Å².